The summed E-state index contributed by atoms with van der Waals surface area (Å²) in [6, 6.07) is 16.9. The first kappa shape index (κ1) is 18.1. The summed E-state index contributed by atoms with van der Waals surface area (Å²) in [5.74, 6) is -0.100. The number of hydrogen-bond donors (Lipinski definition) is 0. The lowest BCUT2D eigenvalue weighted by Crippen LogP contribution is -2.04. The quantitative estimate of drug-likeness (QED) is 0.288. The normalized spacial score (nSPS) is 11.0. The number of para-hydroxylation sites is 1. The maximum absolute atomic E-state index is 12.3. The molecular formula is C21H16N6O2. The van der Waals surface area contributed by atoms with Crippen LogP contribution < -0.4 is 4.74 Å². The zero-order valence-electron chi connectivity index (χ0n) is 15.3. The second kappa shape index (κ2) is 8.19. The predicted octanol–water partition coefficient (Wildman–Crippen LogP) is 3.15. The van der Waals surface area contributed by atoms with Crippen LogP contribution in [0.1, 0.15) is 12.0 Å². The number of benzene rings is 2. The monoisotopic (exact) mass is 384 g/mol. The van der Waals surface area contributed by atoms with Crippen molar-refractivity contribution in [2.24, 2.45) is 0 Å². The molecule has 0 saturated carbocycles. The summed E-state index contributed by atoms with van der Waals surface area (Å²) >= 11 is 0. The number of aromatic nitrogens is 5. The molecule has 2 aromatic carbocycles. The van der Waals surface area contributed by atoms with Gasteiger partial charge in [0.05, 0.1) is 18.2 Å². The summed E-state index contributed by atoms with van der Waals surface area (Å²) in [4.78, 5) is 12.3. The molecule has 8 heteroatoms. The molecule has 2 aromatic heterocycles. The first-order valence-corrected chi connectivity index (χ1v) is 8.93. The molecule has 29 heavy (non-hydrogen) atoms. The van der Waals surface area contributed by atoms with E-state index in [4.69, 9.17) is 10.00 Å². The number of tetrazole rings is 1. The number of fused-ring (bicyclic) bond motifs is 1. The van der Waals surface area contributed by atoms with Crippen LogP contribution in [0.15, 0.2) is 67.1 Å². The minimum absolute atomic E-state index is 0.393. The zero-order chi connectivity index (χ0) is 20.1. The molecule has 0 saturated heterocycles. The second-order valence-electron chi connectivity index (χ2n) is 6.21. The van der Waals surface area contributed by atoms with Gasteiger partial charge in [0.2, 0.25) is 0 Å². The van der Waals surface area contributed by atoms with Crippen LogP contribution in [0.5, 0.6) is 5.75 Å². The van der Waals surface area contributed by atoms with Crippen LogP contribution in [0, 0.1) is 11.3 Å². The number of nitrogens with zero attached hydrogens (tertiary/aromatic N) is 6. The Morgan fingerprint density at radius 3 is 2.93 bits per heavy atom. The van der Waals surface area contributed by atoms with Gasteiger partial charge in [-0.05, 0) is 34.7 Å². The molecule has 0 radical (unpaired) electrons. The lowest BCUT2D eigenvalue weighted by Gasteiger charge is -2.04. The van der Waals surface area contributed by atoms with E-state index in [1.807, 2.05) is 35.0 Å². The average molecular weight is 384 g/mol. The highest BCUT2D eigenvalue weighted by molar-refractivity contribution is 5.95. The summed E-state index contributed by atoms with van der Waals surface area (Å²) < 4.78 is 8.89. The van der Waals surface area contributed by atoms with E-state index >= 15 is 0 Å². The van der Waals surface area contributed by atoms with Gasteiger partial charge in [-0.1, -0.05) is 24.3 Å². The highest BCUT2D eigenvalue weighted by atomic mass is 16.5. The fourth-order valence-electron chi connectivity index (χ4n) is 3.04. The van der Waals surface area contributed by atoms with Gasteiger partial charge >= 0.3 is 5.97 Å². The zero-order valence-corrected chi connectivity index (χ0v) is 15.3. The Morgan fingerprint density at radius 1 is 1.21 bits per heavy atom. The Morgan fingerprint density at radius 2 is 2.10 bits per heavy atom. The number of ether oxygens (including phenoxy) is 1. The van der Waals surface area contributed by atoms with Gasteiger partial charge in [0.25, 0.3) is 0 Å². The maximum atomic E-state index is 12.3. The Hall–Kier alpha value is -4.25. The molecule has 142 valence electrons. The first-order chi connectivity index (χ1) is 14.2. The van der Waals surface area contributed by atoms with Crippen molar-refractivity contribution in [1.82, 2.24) is 24.8 Å². The fraction of sp³-hybridized carbons (Fsp3) is 0.0952. The van der Waals surface area contributed by atoms with Crippen LogP contribution in [-0.2, 0) is 11.3 Å². The molecule has 0 atom stereocenters. The molecule has 0 unspecified atom stereocenters. The molecule has 0 amide bonds. The smallest absolute Gasteiger partial charge is 0.336 e. The third-order valence-electron chi connectivity index (χ3n) is 4.33. The number of carbonyl (C=O) groups excluding carboxylic acids is 1. The summed E-state index contributed by atoms with van der Waals surface area (Å²) in [6.07, 6.45) is 6.92. The number of esters is 1. The number of rotatable bonds is 6. The van der Waals surface area contributed by atoms with Crippen molar-refractivity contribution >= 4 is 22.9 Å². The van der Waals surface area contributed by atoms with E-state index in [0.29, 0.717) is 24.4 Å². The molecule has 0 aliphatic rings. The van der Waals surface area contributed by atoms with Gasteiger partial charge < -0.3 is 9.30 Å². The highest BCUT2D eigenvalue weighted by Gasteiger charge is 2.08. The number of nitriles is 1. The van der Waals surface area contributed by atoms with Gasteiger partial charge in [0.1, 0.15) is 12.1 Å². The van der Waals surface area contributed by atoms with Crippen LogP contribution >= 0.6 is 0 Å². The molecule has 8 nitrogen and oxygen atoms in total. The third kappa shape index (κ3) is 4.04. The Bertz CT molecular complexity index is 1220. The molecule has 0 aliphatic heterocycles. The molecule has 0 N–H and O–H groups in total. The predicted molar refractivity (Wildman–Crippen MR) is 106 cm³/mol. The lowest BCUT2D eigenvalue weighted by atomic mass is 10.1. The minimum Gasteiger partial charge on any atom is -0.423 e. The van der Waals surface area contributed by atoms with Crippen molar-refractivity contribution in [3.8, 4) is 17.5 Å². The molecular weight excluding hydrogens is 368 g/mol. The SMILES string of the molecule is N#CCCn1cc(/C=C/C(=O)Oc2cccc(-n3cnnn3)c2)c2ccccc21. The first-order valence-electron chi connectivity index (χ1n) is 8.93. The maximum Gasteiger partial charge on any atom is 0.336 e. The molecule has 0 bridgehead atoms. The van der Waals surface area contributed by atoms with E-state index in [-0.39, 0.29) is 0 Å². The van der Waals surface area contributed by atoms with E-state index in [2.05, 4.69) is 21.6 Å². The van der Waals surface area contributed by atoms with Gasteiger partial charge in [0, 0.05) is 41.4 Å². The van der Waals surface area contributed by atoms with E-state index in [1.165, 1.54) is 17.1 Å². The summed E-state index contributed by atoms with van der Waals surface area (Å²) in [7, 11) is 0. The Labute approximate surface area is 166 Å². The number of aryl methyl sites for hydroxylation is 1. The Kier molecular flexibility index (Phi) is 5.12. The molecule has 0 aliphatic carbocycles. The van der Waals surface area contributed by atoms with Crippen molar-refractivity contribution in [1.29, 1.82) is 5.26 Å². The molecule has 0 fully saturated rings. The van der Waals surface area contributed by atoms with Gasteiger partial charge in [-0.15, -0.1) is 5.10 Å². The van der Waals surface area contributed by atoms with Crippen LogP contribution in [0.3, 0.4) is 0 Å². The van der Waals surface area contributed by atoms with Gasteiger partial charge in [-0.3, -0.25) is 0 Å². The summed E-state index contributed by atoms with van der Waals surface area (Å²) in [6.45, 7) is 0.596. The average Bonchev–Trinajstić information content (AvgIpc) is 3.40. The number of hydrogen-bond acceptors (Lipinski definition) is 6. The van der Waals surface area contributed by atoms with Crippen molar-refractivity contribution in [3.63, 3.8) is 0 Å². The lowest BCUT2D eigenvalue weighted by molar-refractivity contribution is -0.128. The highest BCUT2D eigenvalue weighted by Crippen LogP contribution is 2.23. The van der Waals surface area contributed by atoms with Crippen molar-refractivity contribution in [3.05, 3.63) is 72.7 Å². The van der Waals surface area contributed by atoms with Gasteiger partial charge in [-0.25, -0.2) is 9.48 Å². The standard InChI is InChI=1S/C21H16N6O2/c22-11-4-12-26-14-16(19-7-1-2-8-20(19)26)9-10-21(28)29-18-6-3-5-17(13-18)27-15-23-24-25-27/h1-3,5-10,13-15H,4,12H2/b10-9+. The molecule has 4 aromatic rings. The van der Waals surface area contributed by atoms with Crippen LogP contribution in [-0.4, -0.2) is 30.7 Å². The second-order valence-corrected chi connectivity index (χ2v) is 6.21. The van der Waals surface area contributed by atoms with E-state index in [1.54, 1.807) is 30.3 Å². The number of carbonyl (C=O) groups is 1. The van der Waals surface area contributed by atoms with E-state index in [0.717, 1.165) is 16.5 Å². The largest absolute Gasteiger partial charge is 0.423 e. The molecule has 4 rings (SSSR count). The molecule has 2 heterocycles. The minimum atomic E-state index is -0.493. The van der Waals surface area contributed by atoms with Gasteiger partial charge in [-0.2, -0.15) is 5.26 Å². The third-order valence-corrected chi connectivity index (χ3v) is 4.33. The topological polar surface area (TPSA) is 98.6 Å². The summed E-state index contributed by atoms with van der Waals surface area (Å²) in [5, 5.41) is 20.9. The van der Waals surface area contributed by atoms with Crippen molar-refractivity contribution in [2.45, 2.75) is 13.0 Å². The van der Waals surface area contributed by atoms with E-state index in [9.17, 15) is 4.79 Å². The Balaban J connectivity index is 1.52. The fourth-order valence-corrected chi connectivity index (χ4v) is 3.04. The van der Waals surface area contributed by atoms with Crippen LogP contribution in [0.2, 0.25) is 0 Å². The van der Waals surface area contributed by atoms with Crippen molar-refractivity contribution in [2.75, 3.05) is 0 Å². The van der Waals surface area contributed by atoms with E-state index < -0.39 is 5.97 Å². The molecule has 0 spiro atoms. The summed E-state index contributed by atoms with van der Waals surface area (Å²) in [5.41, 5.74) is 2.59. The van der Waals surface area contributed by atoms with Gasteiger partial charge in [0.15, 0.2) is 0 Å². The van der Waals surface area contributed by atoms with Crippen LogP contribution in [0.25, 0.3) is 22.7 Å². The van der Waals surface area contributed by atoms with Crippen molar-refractivity contribution < 1.29 is 9.53 Å². The van der Waals surface area contributed by atoms with Crippen LogP contribution in [0.4, 0.5) is 0 Å².